The fourth-order valence-corrected chi connectivity index (χ4v) is 2.12. The van der Waals surface area contributed by atoms with Crippen LogP contribution < -0.4 is 15.8 Å². The largest absolute Gasteiger partial charge is 0.490 e. The summed E-state index contributed by atoms with van der Waals surface area (Å²) in [6.07, 6.45) is 6.89. The Morgan fingerprint density at radius 3 is 2.62 bits per heavy atom. The van der Waals surface area contributed by atoms with E-state index < -0.39 is 11.7 Å². The van der Waals surface area contributed by atoms with Crippen LogP contribution in [0.3, 0.4) is 0 Å². The number of para-hydroxylation sites is 1. The summed E-state index contributed by atoms with van der Waals surface area (Å²) in [5, 5.41) is 2.64. The third-order valence-electron chi connectivity index (χ3n) is 3.29. The summed E-state index contributed by atoms with van der Waals surface area (Å²) in [5.41, 5.74) is 8.10. The van der Waals surface area contributed by atoms with Gasteiger partial charge in [-0.25, -0.2) is 4.79 Å². The fourth-order valence-electron chi connectivity index (χ4n) is 2.12. The van der Waals surface area contributed by atoms with Crippen molar-refractivity contribution in [3.63, 3.8) is 0 Å². The molecule has 0 saturated heterocycles. The number of carbonyl (C=O) groups excluding carboxylic acids is 1. The highest BCUT2D eigenvalue weighted by molar-refractivity contribution is 5.78. The van der Waals surface area contributed by atoms with Crippen molar-refractivity contribution in [1.82, 2.24) is 10.3 Å². The molecule has 0 bridgehead atoms. The molecule has 1 aromatic carbocycles. The van der Waals surface area contributed by atoms with E-state index >= 15 is 0 Å². The molecule has 1 heterocycles. The second kappa shape index (κ2) is 8.89. The molecule has 1 aromatic heterocycles. The first-order chi connectivity index (χ1) is 12.3. The number of nitrogens with two attached hydrogens (primary N) is 1. The van der Waals surface area contributed by atoms with Crippen molar-refractivity contribution in [2.45, 2.75) is 26.4 Å². The number of rotatable bonds is 6. The van der Waals surface area contributed by atoms with E-state index in [0.717, 1.165) is 11.1 Å². The number of carbonyl (C=O) groups is 1. The standard InChI is InChI=1S/C20H25N3O3/c1-20(2,3)26-19(24)23-13-14-25-17-6-4-5-16(18(17)21)8-7-15-9-11-22-12-10-15/h4-12H,13-14,21H2,1-3H3,(H,23,24). The highest BCUT2D eigenvalue weighted by Crippen LogP contribution is 2.26. The molecule has 0 spiro atoms. The predicted molar refractivity (Wildman–Crippen MR) is 104 cm³/mol. The van der Waals surface area contributed by atoms with Gasteiger partial charge in [-0.2, -0.15) is 0 Å². The molecule has 0 saturated carbocycles. The predicted octanol–water partition coefficient (Wildman–Crippen LogP) is 3.74. The molecule has 26 heavy (non-hydrogen) atoms. The van der Waals surface area contributed by atoms with Gasteiger partial charge in [-0.05, 0) is 44.5 Å². The monoisotopic (exact) mass is 355 g/mol. The van der Waals surface area contributed by atoms with Gasteiger partial charge in [0.25, 0.3) is 0 Å². The molecular formula is C20H25N3O3. The Morgan fingerprint density at radius 1 is 1.19 bits per heavy atom. The van der Waals surface area contributed by atoms with E-state index in [1.807, 2.05) is 57.2 Å². The summed E-state index contributed by atoms with van der Waals surface area (Å²) in [6.45, 7) is 6.06. The summed E-state index contributed by atoms with van der Waals surface area (Å²) < 4.78 is 10.8. The van der Waals surface area contributed by atoms with E-state index in [0.29, 0.717) is 24.6 Å². The molecule has 1 amide bonds. The number of benzene rings is 1. The van der Waals surface area contributed by atoms with Crippen LogP contribution in [0.15, 0.2) is 42.7 Å². The van der Waals surface area contributed by atoms with Gasteiger partial charge in [-0.15, -0.1) is 0 Å². The number of amides is 1. The van der Waals surface area contributed by atoms with Crippen molar-refractivity contribution >= 4 is 23.9 Å². The summed E-state index contributed by atoms with van der Waals surface area (Å²) in [7, 11) is 0. The minimum absolute atomic E-state index is 0.293. The zero-order chi connectivity index (χ0) is 19.0. The Kier molecular flexibility index (Phi) is 6.60. The summed E-state index contributed by atoms with van der Waals surface area (Å²) in [5.74, 6) is 0.577. The van der Waals surface area contributed by atoms with Gasteiger partial charge in [0.1, 0.15) is 18.0 Å². The van der Waals surface area contributed by atoms with Gasteiger partial charge in [0.2, 0.25) is 0 Å². The van der Waals surface area contributed by atoms with Gasteiger partial charge in [-0.3, -0.25) is 4.98 Å². The molecule has 0 aliphatic rings. The first kappa shape index (κ1) is 19.3. The maximum atomic E-state index is 11.6. The molecule has 0 aliphatic carbocycles. The number of hydrogen-bond acceptors (Lipinski definition) is 5. The quantitative estimate of drug-likeness (QED) is 0.609. The molecule has 2 rings (SSSR count). The van der Waals surface area contributed by atoms with Crippen LogP contribution in [0.2, 0.25) is 0 Å². The van der Waals surface area contributed by atoms with Crippen molar-refractivity contribution in [2.75, 3.05) is 18.9 Å². The smallest absolute Gasteiger partial charge is 0.407 e. The van der Waals surface area contributed by atoms with Crippen LogP contribution >= 0.6 is 0 Å². The van der Waals surface area contributed by atoms with Gasteiger partial charge in [0.05, 0.1) is 12.2 Å². The number of pyridine rings is 1. The first-order valence-corrected chi connectivity index (χ1v) is 8.41. The average Bonchev–Trinajstić information content (AvgIpc) is 2.58. The Hall–Kier alpha value is -3.02. The lowest BCUT2D eigenvalue weighted by Gasteiger charge is -2.19. The van der Waals surface area contributed by atoms with Crippen LogP contribution in [-0.4, -0.2) is 29.8 Å². The molecule has 6 heteroatoms. The van der Waals surface area contributed by atoms with Crippen LogP contribution in [0.1, 0.15) is 31.9 Å². The van der Waals surface area contributed by atoms with E-state index in [4.69, 9.17) is 15.2 Å². The molecule has 0 unspecified atom stereocenters. The van der Waals surface area contributed by atoms with Crippen LogP contribution in [0.4, 0.5) is 10.5 Å². The van der Waals surface area contributed by atoms with Gasteiger partial charge in [0, 0.05) is 18.0 Å². The number of ether oxygens (including phenoxy) is 2. The number of nitrogens with one attached hydrogen (secondary N) is 1. The molecular weight excluding hydrogens is 330 g/mol. The lowest BCUT2D eigenvalue weighted by atomic mass is 10.1. The van der Waals surface area contributed by atoms with Crippen molar-refractivity contribution in [2.24, 2.45) is 0 Å². The average molecular weight is 355 g/mol. The minimum atomic E-state index is -0.523. The summed E-state index contributed by atoms with van der Waals surface area (Å²) >= 11 is 0. The van der Waals surface area contributed by atoms with Crippen molar-refractivity contribution in [3.8, 4) is 5.75 Å². The Balaban J connectivity index is 1.89. The van der Waals surface area contributed by atoms with E-state index in [1.54, 1.807) is 18.5 Å². The summed E-state index contributed by atoms with van der Waals surface area (Å²) in [4.78, 5) is 15.6. The maximum Gasteiger partial charge on any atom is 0.407 e. The Labute approximate surface area is 154 Å². The van der Waals surface area contributed by atoms with Gasteiger partial charge < -0.3 is 20.5 Å². The second-order valence-corrected chi connectivity index (χ2v) is 6.65. The maximum absolute atomic E-state index is 11.6. The molecule has 0 atom stereocenters. The zero-order valence-electron chi connectivity index (χ0n) is 15.4. The molecule has 2 aromatic rings. The van der Waals surface area contributed by atoms with Crippen LogP contribution in [0.25, 0.3) is 12.2 Å². The number of aromatic nitrogens is 1. The van der Waals surface area contributed by atoms with E-state index in [1.165, 1.54) is 0 Å². The van der Waals surface area contributed by atoms with Gasteiger partial charge >= 0.3 is 6.09 Å². The fraction of sp³-hybridized carbons (Fsp3) is 0.300. The van der Waals surface area contributed by atoms with E-state index in [9.17, 15) is 4.79 Å². The summed E-state index contributed by atoms with van der Waals surface area (Å²) in [6, 6.07) is 9.41. The Morgan fingerprint density at radius 2 is 1.92 bits per heavy atom. The van der Waals surface area contributed by atoms with Crippen molar-refractivity contribution in [3.05, 3.63) is 53.9 Å². The lowest BCUT2D eigenvalue weighted by Crippen LogP contribution is -2.34. The minimum Gasteiger partial charge on any atom is -0.490 e. The highest BCUT2D eigenvalue weighted by atomic mass is 16.6. The highest BCUT2D eigenvalue weighted by Gasteiger charge is 2.15. The Bertz CT molecular complexity index is 753. The SMILES string of the molecule is CC(C)(C)OC(=O)NCCOc1cccc(C=Cc2ccncc2)c1N. The molecule has 0 aliphatic heterocycles. The molecule has 0 fully saturated rings. The van der Waals surface area contributed by atoms with Crippen molar-refractivity contribution in [1.29, 1.82) is 0 Å². The van der Waals surface area contributed by atoms with Gasteiger partial charge in [-0.1, -0.05) is 24.3 Å². The number of nitrogens with zero attached hydrogens (tertiary/aromatic N) is 1. The zero-order valence-corrected chi connectivity index (χ0v) is 15.4. The van der Waals surface area contributed by atoms with Crippen LogP contribution in [0, 0.1) is 0 Å². The molecule has 138 valence electrons. The van der Waals surface area contributed by atoms with E-state index in [2.05, 4.69) is 10.3 Å². The topological polar surface area (TPSA) is 86.5 Å². The number of nitrogen functional groups attached to an aromatic ring is 1. The third-order valence-corrected chi connectivity index (χ3v) is 3.29. The number of anilines is 1. The lowest BCUT2D eigenvalue weighted by molar-refractivity contribution is 0.0520. The van der Waals surface area contributed by atoms with E-state index in [-0.39, 0.29) is 0 Å². The molecule has 0 radical (unpaired) electrons. The van der Waals surface area contributed by atoms with Crippen LogP contribution in [-0.2, 0) is 4.74 Å². The molecule has 3 N–H and O–H groups in total. The number of hydrogen-bond donors (Lipinski definition) is 2. The normalized spacial score (nSPS) is 11.3. The van der Waals surface area contributed by atoms with Crippen LogP contribution in [0.5, 0.6) is 5.75 Å². The first-order valence-electron chi connectivity index (χ1n) is 8.41. The van der Waals surface area contributed by atoms with Crippen molar-refractivity contribution < 1.29 is 14.3 Å². The van der Waals surface area contributed by atoms with Gasteiger partial charge in [0.15, 0.2) is 0 Å². The second-order valence-electron chi connectivity index (χ2n) is 6.65. The number of alkyl carbamates (subject to hydrolysis) is 1. The molecule has 6 nitrogen and oxygen atoms in total. The third kappa shape index (κ3) is 6.47.